The van der Waals surface area contributed by atoms with Gasteiger partial charge in [0.15, 0.2) is 0 Å². The molecular formula is C15H22N2O. The van der Waals surface area contributed by atoms with Gasteiger partial charge in [0.2, 0.25) is 0 Å². The Kier molecular flexibility index (Phi) is 4.24. The van der Waals surface area contributed by atoms with Gasteiger partial charge in [0.05, 0.1) is 0 Å². The number of carbonyl (C=O) groups excluding carboxylic acids is 1. The van der Waals surface area contributed by atoms with Gasteiger partial charge in [-0.15, -0.1) is 0 Å². The zero-order valence-corrected chi connectivity index (χ0v) is 11.0. The molecule has 3 N–H and O–H groups in total. The number of carbonyl (C=O) groups is 1. The molecule has 0 radical (unpaired) electrons. The topological polar surface area (TPSA) is 55.1 Å². The highest BCUT2D eigenvalue weighted by molar-refractivity contribution is 5.94. The molecule has 3 nitrogen and oxygen atoms in total. The molecule has 0 bridgehead atoms. The van der Waals surface area contributed by atoms with Crippen LogP contribution < -0.4 is 11.1 Å². The molecule has 0 saturated heterocycles. The number of amides is 1. The van der Waals surface area contributed by atoms with Crippen LogP contribution in [0.3, 0.4) is 0 Å². The van der Waals surface area contributed by atoms with E-state index < -0.39 is 0 Å². The van der Waals surface area contributed by atoms with Crippen LogP contribution in [0.15, 0.2) is 24.3 Å². The van der Waals surface area contributed by atoms with E-state index in [2.05, 4.69) is 12.2 Å². The predicted octanol–water partition coefficient (Wildman–Crippen LogP) is 2.97. The largest absolute Gasteiger partial charge is 0.399 e. The molecule has 1 amide bonds. The molecule has 2 unspecified atom stereocenters. The maximum Gasteiger partial charge on any atom is 0.251 e. The van der Waals surface area contributed by atoms with E-state index >= 15 is 0 Å². The van der Waals surface area contributed by atoms with Gasteiger partial charge in [0.1, 0.15) is 0 Å². The minimum atomic E-state index is 0.0281. The predicted molar refractivity (Wildman–Crippen MR) is 74.4 cm³/mol. The van der Waals surface area contributed by atoms with Crippen molar-refractivity contribution in [2.75, 3.05) is 5.73 Å². The molecule has 2 atom stereocenters. The standard InChI is InChI=1S/C15H22N2O/c1-2-11-5-3-4-6-14(11)17-15(18)12-7-9-13(16)10-8-12/h7-11,14H,2-6,16H2,1H3,(H,17,18). The van der Waals surface area contributed by atoms with Crippen LogP contribution in [0, 0.1) is 5.92 Å². The van der Waals surface area contributed by atoms with Crippen LogP contribution in [-0.4, -0.2) is 11.9 Å². The number of benzene rings is 1. The summed E-state index contributed by atoms with van der Waals surface area (Å²) in [7, 11) is 0. The van der Waals surface area contributed by atoms with Crippen LogP contribution in [0.5, 0.6) is 0 Å². The van der Waals surface area contributed by atoms with Gasteiger partial charge >= 0.3 is 0 Å². The number of nitrogens with one attached hydrogen (secondary N) is 1. The first kappa shape index (κ1) is 12.9. The lowest BCUT2D eigenvalue weighted by atomic mass is 9.83. The van der Waals surface area contributed by atoms with Crippen molar-refractivity contribution in [3.63, 3.8) is 0 Å². The van der Waals surface area contributed by atoms with Gasteiger partial charge in [0.25, 0.3) is 5.91 Å². The summed E-state index contributed by atoms with van der Waals surface area (Å²) in [6.07, 6.45) is 6.02. The average Bonchev–Trinajstić information content (AvgIpc) is 2.40. The molecule has 1 aliphatic carbocycles. The summed E-state index contributed by atoms with van der Waals surface area (Å²) in [6, 6.07) is 7.46. The van der Waals surface area contributed by atoms with Gasteiger partial charge in [-0.25, -0.2) is 0 Å². The van der Waals surface area contributed by atoms with Crippen LogP contribution in [0.4, 0.5) is 5.69 Å². The third-order valence-electron chi connectivity index (χ3n) is 3.92. The molecule has 0 aromatic heterocycles. The van der Waals surface area contributed by atoms with Crippen molar-refractivity contribution < 1.29 is 4.79 Å². The molecule has 1 fully saturated rings. The fraction of sp³-hybridized carbons (Fsp3) is 0.533. The second kappa shape index (κ2) is 5.89. The SMILES string of the molecule is CCC1CCCCC1NC(=O)c1ccc(N)cc1. The van der Waals surface area contributed by atoms with E-state index in [1.807, 2.05) is 0 Å². The average molecular weight is 246 g/mol. The van der Waals surface area contributed by atoms with Crippen LogP contribution in [0.2, 0.25) is 0 Å². The maximum absolute atomic E-state index is 12.1. The number of nitrogen functional groups attached to an aromatic ring is 1. The van der Waals surface area contributed by atoms with Crippen molar-refractivity contribution in [2.45, 2.75) is 45.1 Å². The van der Waals surface area contributed by atoms with Crippen LogP contribution >= 0.6 is 0 Å². The molecule has 2 rings (SSSR count). The smallest absolute Gasteiger partial charge is 0.251 e. The quantitative estimate of drug-likeness (QED) is 0.806. The fourth-order valence-electron chi connectivity index (χ4n) is 2.77. The highest BCUT2D eigenvalue weighted by atomic mass is 16.1. The lowest BCUT2D eigenvalue weighted by molar-refractivity contribution is 0.0905. The zero-order chi connectivity index (χ0) is 13.0. The number of rotatable bonds is 3. The second-order valence-electron chi connectivity index (χ2n) is 5.15. The molecule has 1 aromatic carbocycles. The molecule has 0 aliphatic heterocycles. The van der Waals surface area contributed by atoms with Crippen molar-refractivity contribution in [1.29, 1.82) is 0 Å². The Morgan fingerprint density at radius 2 is 1.94 bits per heavy atom. The van der Waals surface area contributed by atoms with E-state index in [0.29, 0.717) is 23.2 Å². The molecule has 1 saturated carbocycles. The Labute approximate surface area is 109 Å². The summed E-state index contributed by atoms with van der Waals surface area (Å²) in [5.41, 5.74) is 7.01. The number of anilines is 1. The normalized spacial score (nSPS) is 23.6. The number of hydrogen-bond acceptors (Lipinski definition) is 2. The molecular weight excluding hydrogens is 224 g/mol. The van der Waals surface area contributed by atoms with Crippen LogP contribution in [-0.2, 0) is 0 Å². The zero-order valence-electron chi connectivity index (χ0n) is 11.0. The van der Waals surface area contributed by atoms with Gasteiger partial charge in [-0.2, -0.15) is 0 Å². The summed E-state index contributed by atoms with van der Waals surface area (Å²) in [6.45, 7) is 2.21. The molecule has 98 valence electrons. The van der Waals surface area contributed by atoms with E-state index in [-0.39, 0.29) is 5.91 Å². The first-order valence-corrected chi connectivity index (χ1v) is 6.87. The van der Waals surface area contributed by atoms with E-state index in [1.54, 1.807) is 24.3 Å². The first-order chi connectivity index (χ1) is 8.70. The van der Waals surface area contributed by atoms with Crippen LogP contribution in [0.25, 0.3) is 0 Å². The summed E-state index contributed by atoms with van der Waals surface area (Å²) in [5, 5.41) is 3.18. The summed E-state index contributed by atoms with van der Waals surface area (Å²) >= 11 is 0. The van der Waals surface area contributed by atoms with E-state index in [4.69, 9.17) is 5.73 Å². The Morgan fingerprint density at radius 1 is 1.28 bits per heavy atom. The van der Waals surface area contributed by atoms with Crippen LogP contribution in [0.1, 0.15) is 49.4 Å². The van der Waals surface area contributed by atoms with Gasteiger partial charge in [-0.05, 0) is 43.0 Å². The van der Waals surface area contributed by atoms with Crippen molar-refractivity contribution in [1.82, 2.24) is 5.32 Å². The Bertz CT molecular complexity index is 399. The summed E-state index contributed by atoms with van der Waals surface area (Å²) in [5.74, 6) is 0.664. The van der Waals surface area contributed by atoms with Crippen molar-refractivity contribution in [3.05, 3.63) is 29.8 Å². The first-order valence-electron chi connectivity index (χ1n) is 6.87. The molecule has 3 heteroatoms. The van der Waals surface area contributed by atoms with E-state index in [9.17, 15) is 4.79 Å². The second-order valence-corrected chi connectivity index (χ2v) is 5.15. The minimum Gasteiger partial charge on any atom is -0.399 e. The van der Waals surface area contributed by atoms with Crippen molar-refractivity contribution >= 4 is 11.6 Å². The molecule has 18 heavy (non-hydrogen) atoms. The summed E-state index contributed by atoms with van der Waals surface area (Å²) < 4.78 is 0. The Balaban J connectivity index is 1.99. The van der Waals surface area contributed by atoms with E-state index in [0.717, 1.165) is 12.8 Å². The van der Waals surface area contributed by atoms with Crippen molar-refractivity contribution in [2.24, 2.45) is 5.92 Å². The Hall–Kier alpha value is -1.51. The van der Waals surface area contributed by atoms with E-state index in [1.165, 1.54) is 19.3 Å². The van der Waals surface area contributed by atoms with Gasteiger partial charge in [-0.1, -0.05) is 26.2 Å². The molecule has 1 aliphatic rings. The summed E-state index contributed by atoms with van der Waals surface area (Å²) in [4.78, 5) is 12.1. The monoisotopic (exact) mass is 246 g/mol. The molecule has 0 heterocycles. The lowest BCUT2D eigenvalue weighted by Crippen LogP contribution is -2.41. The fourth-order valence-corrected chi connectivity index (χ4v) is 2.77. The third kappa shape index (κ3) is 3.03. The number of nitrogens with two attached hydrogens (primary N) is 1. The van der Waals surface area contributed by atoms with Gasteiger partial charge < -0.3 is 11.1 Å². The molecule has 1 aromatic rings. The lowest BCUT2D eigenvalue weighted by Gasteiger charge is -2.31. The maximum atomic E-state index is 12.1. The third-order valence-corrected chi connectivity index (χ3v) is 3.92. The Morgan fingerprint density at radius 3 is 2.61 bits per heavy atom. The van der Waals surface area contributed by atoms with Gasteiger partial charge in [-0.3, -0.25) is 4.79 Å². The number of hydrogen-bond donors (Lipinski definition) is 2. The highest BCUT2D eigenvalue weighted by Crippen LogP contribution is 2.27. The molecule has 0 spiro atoms. The van der Waals surface area contributed by atoms with Crippen molar-refractivity contribution in [3.8, 4) is 0 Å². The van der Waals surface area contributed by atoms with Gasteiger partial charge in [0, 0.05) is 17.3 Å². The minimum absolute atomic E-state index is 0.0281. The highest BCUT2D eigenvalue weighted by Gasteiger charge is 2.25.